The first-order valence-electron chi connectivity index (χ1n) is 6.61. The van der Waals surface area contributed by atoms with Gasteiger partial charge < -0.3 is 5.32 Å². The van der Waals surface area contributed by atoms with Crippen molar-refractivity contribution in [1.82, 2.24) is 0 Å². The van der Waals surface area contributed by atoms with Crippen molar-refractivity contribution in [2.24, 2.45) is 5.92 Å². The standard InChI is InChI=1S/C17H19NO/c1-13(2)12-17(19)18-16-11-7-6-10-15(16)14-8-4-3-5-9-14/h3-11,13H,12H2,1-2H3,(H,18,19). The maximum atomic E-state index is 11.9. The predicted octanol–water partition coefficient (Wildman–Crippen LogP) is 4.34. The third kappa shape index (κ3) is 3.68. The first-order valence-corrected chi connectivity index (χ1v) is 6.61. The van der Waals surface area contributed by atoms with Crippen LogP contribution in [0.15, 0.2) is 54.6 Å². The van der Waals surface area contributed by atoms with E-state index in [2.05, 4.69) is 5.32 Å². The predicted molar refractivity (Wildman–Crippen MR) is 80.0 cm³/mol. The molecular weight excluding hydrogens is 234 g/mol. The zero-order valence-electron chi connectivity index (χ0n) is 11.4. The monoisotopic (exact) mass is 253 g/mol. The molecule has 0 saturated carbocycles. The maximum absolute atomic E-state index is 11.9. The third-order valence-electron chi connectivity index (χ3n) is 2.88. The minimum absolute atomic E-state index is 0.0679. The van der Waals surface area contributed by atoms with E-state index in [0.717, 1.165) is 16.8 Å². The Kier molecular flexibility index (Phi) is 4.35. The molecule has 1 N–H and O–H groups in total. The summed E-state index contributed by atoms with van der Waals surface area (Å²) in [5.41, 5.74) is 3.04. The molecule has 0 atom stereocenters. The summed E-state index contributed by atoms with van der Waals surface area (Å²) in [6.45, 7) is 4.09. The van der Waals surface area contributed by atoms with E-state index in [-0.39, 0.29) is 5.91 Å². The van der Waals surface area contributed by atoms with Gasteiger partial charge >= 0.3 is 0 Å². The largest absolute Gasteiger partial charge is 0.326 e. The summed E-state index contributed by atoms with van der Waals surface area (Å²) < 4.78 is 0. The van der Waals surface area contributed by atoms with E-state index in [4.69, 9.17) is 0 Å². The van der Waals surface area contributed by atoms with Crippen LogP contribution in [0.5, 0.6) is 0 Å². The summed E-state index contributed by atoms with van der Waals surface area (Å²) in [6, 6.07) is 18.0. The van der Waals surface area contributed by atoms with Crippen LogP contribution in [-0.4, -0.2) is 5.91 Å². The molecule has 2 rings (SSSR count). The molecule has 0 aliphatic rings. The van der Waals surface area contributed by atoms with Crippen molar-refractivity contribution in [2.75, 3.05) is 5.32 Å². The average Bonchev–Trinajstić information content (AvgIpc) is 2.39. The molecule has 0 bridgehead atoms. The smallest absolute Gasteiger partial charge is 0.224 e. The molecule has 98 valence electrons. The Balaban J connectivity index is 2.25. The van der Waals surface area contributed by atoms with E-state index >= 15 is 0 Å². The van der Waals surface area contributed by atoms with Gasteiger partial charge in [0.05, 0.1) is 0 Å². The van der Waals surface area contributed by atoms with E-state index in [9.17, 15) is 4.79 Å². The molecule has 0 spiro atoms. The molecule has 19 heavy (non-hydrogen) atoms. The van der Waals surface area contributed by atoms with E-state index in [1.807, 2.05) is 68.4 Å². The van der Waals surface area contributed by atoms with Gasteiger partial charge in [0.2, 0.25) is 5.91 Å². The molecule has 0 saturated heterocycles. The minimum Gasteiger partial charge on any atom is -0.326 e. The molecule has 0 heterocycles. The summed E-state index contributed by atoms with van der Waals surface area (Å²) in [6.07, 6.45) is 0.545. The normalized spacial score (nSPS) is 10.5. The zero-order chi connectivity index (χ0) is 13.7. The molecule has 0 aliphatic carbocycles. The molecule has 2 nitrogen and oxygen atoms in total. The van der Waals surface area contributed by atoms with Crippen molar-refractivity contribution in [1.29, 1.82) is 0 Å². The van der Waals surface area contributed by atoms with Crippen LogP contribution in [0.25, 0.3) is 11.1 Å². The average molecular weight is 253 g/mol. The Morgan fingerprint density at radius 3 is 2.32 bits per heavy atom. The Labute approximate surface area is 114 Å². The summed E-state index contributed by atoms with van der Waals surface area (Å²) in [5.74, 6) is 0.433. The van der Waals surface area contributed by atoms with Crippen LogP contribution in [0.2, 0.25) is 0 Å². The van der Waals surface area contributed by atoms with Crippen LogP contribution in [0, 0.1) is 5.92 Å². The lowest BCUT2D eigenvalue weighted by Crippen LogP contribution is -2.14. The highest BCUT2D eigenvalue weighted by atomic mass is 16.1. The number of carbonyl (C=O) groups excluding carboxylic acids is 1. The van der Waals surface area contributed by atoms with E-state index in [1.54, 1.807) is 0 Å². The molecule has 0 radical (unpaired) electrons. The summed E-state index contributed by atoms with van der Waals surface area (Å²) >= 11 is 0. The molecule has 0 unspecified atom stereocenters. The van der Waals surface area contributed by atoms with Crippen LogP contribution in [0.1, 0.15) is 20.3 Å². The number of carbonyl (C=O) groups is 1. The summed E-state index contributed by atoms with van der Waals surface area (Å²) in [7, 11) is 0. The van der Waals surface area contributed by atoms with Gasteiger partial charge in [0.15, 0.2) is 0 Å². The number of rotatable bonds is 4. The van der Waals surface area contributed by atoms with Gasteiger partial charge in [-0.05, 0) is 17.5 Å². The van der Waals surface area contributed by atoms with E-state index in [0.29, 0.717) is 12.3 Å². The van der Waals surface area contributed by atoms with Crippen molar-refractivity contribution in [2.45, 2.75) is 20.3 Å². The number of para-hydroxylation sites is 1. The highest BCUT2D eigenvalue weighted by molar-refractivity contribution is 5.95. The molecule has 2 aromatic carbocycles. The second-order valence-electron chi connectivity index (χ2n) is 5.06. The van der Waals surface area contributed by atoms with Crippen molar-refractivity contribution < 1.29 is 4.79 Å². The number of benzene rings is 2. The van der Waals surface area contributed by atoms with E-state index < -0.39 is 0 Å². The number of nitrogens with one attached hydrogen (secondary N) is 1. The van der Waals surface area contributed by atoms with E-state index in [1.165, 1.54) is 0 Å². The van der Waals surface area contributed by atoms with Crippen LogP contribution in [0.3, 0.4) is 0 Å². The van der Waals surface area contributed by atoms with Crippen molar-refractivity contribution in [3.63, 3.8) is 0 Å². The Hall–Kier alpha value is -2.09. The van der Waals surface area contributed by atoms with Crippen LogP contribution >= 0.6 is 0 Å². The molecule has 2 heteroatoms. The zero-order valence-corrected chi connectivity index (χ0v) is 11.4. The molecule has 2 aromatic rings. The fourth-order valence-electron chi connectivity index (χ4n) is 2.03. The number of anilines is 1. The lowest BCUT2D eigenvalue weighted by molar-refractivity contribution is -0.116. The molecule has 1 amide bonds. The van der Waals surface area contributed by atoms with Crippen LogP contribution in [-0.2, 0) is 4.79 Å². The Morgan fingerprint density at radius 1 is 1.00 bits per heavy atom. The fourth-order valence-corrected chi connectivity index (χ4v) is 2.03. The Bertz CT molecular complexity index is 546. The number of hydrogen-bond acceptors (Lipinski definition) is 1. The minimum atomic E-state index is 0.0679. The van der Waals surface area contributed by atoms with Gasteiger partial charge in [0.25, 0.3) is 0 Å². The first-order chi connectivity index (χ1) is 9.16. The first kappa shape index (κ1) is 13.3. The molecule has 0 aromatic heterocycles. The highest BCUT2D eigenvalue weighted by Crippen LogP contribution is 2.27. The van der Waals surface area contributed by atoms with Gasteiger partial charge in [-0.1, -0.05) is 62.4 Å². The Morgan fingerprint density at radius 2 is 1.63 bits per heavy atom. The maximum Gasteiger partial charge on any atom is 0.224 e. The lowest BCUT2D eigenvalue weighted by Gasteiger charge is -2.12. The highest BCUT2D eigenvalue weighted by Gasteiger charge is 2.09. The van der Waals surface area contributed by atoms with Gasteiger partial charge in [-0.25, -0.2) is 0 Å². The quantitative estimate of drug-likeness (QED) is 0.863. The van der Waals surface area contributed by atoms with Gasteiger partial charge in [-0.2, -0.15) is 0 Å². The third-order valence-corrected chi connectivity index (χ3v) is 2.88. The van der Waals surface area contributed by atoms with Gasteiger partial charge in [-0.3, -0.25) is 4.79 Å². The second kappa shape index (κ2) is 6.19. The van der Waals surface area contributed by atoms with Crippen molar-refractivity contribution in [3.8, 4) is 11.1 Å². The van der Waals surface area contributed by atoms with Crippen molar-refractivity contribution >= 4 is 11.6 Å². The summed E-state index contributed by atoms with van der Waals surface area (Å²) in [5, 5.41) is 3.00. The molecule has 0 fully saturated rings. The fraction of sp³-hybridized carbons (Fsp3) is 0.235. The van der Waals surface area contributed by atoms with Gasteiger partial charge in [0, 0.05) is 17.7 Å². The van der Waals surface area contributed by atoms with Gasteiger partial charge in [0.1, 0.15) is 0 Å². The lowest BCUT2D eigenvalue weighted by atomic mass is 10.0. The SMILES string of the molecule is CC(C)CC(=O)Nc1ccccc1-c1ccccc1. The van der Waals surface area contributed by atoms with Crippen LogP contribution in [0.4, 0.5) is 5.69 Å². The molecule has 0 aliphatic heterocycles. The topological polar surface area (TPSA) is 29.1 Å². The number of hydrogen-bond donors (Lipinski definition) is 1. The summed E-state index contributed by atoms with van der Waals surface area (Å²) in [4.78, 5) is 11.9. The molecular formula is C17H19NO. The number of amides is 1. The van der Waals surface area contributed by atoms with Gasteiger partial charge in [-0.15, -0.1) is 0 Å². The van der Waals surface area contributed by atoms with Crippen LogP contribution < -0.4 is 5.32 Å². The second-order valence-corrected chi connectivity index (χ2v) is 5.06. The van der Waals surface area contributed by atoms with Crippen molar-refractivity contribution in [3.05, 3.63) is 54.6 Å².